The molecule has 1 fully saturated rings. The first-order chi connectivity index (χ1) is 11.6. The Labute approximate surface area is 147 Å². The number of aliphatic carboxylic acids is 1. The van der Waals surface area contributed by atoms with Crippen molar-refractivity contribution in [2.24, 2.45) is 17.8 Å². The Morgan fingerprint density at radius 3 is 2.54 bits per heavy atom. The van der Waals surface area contributed by atoms with Gasteiger partial charge in [0.1, 0.15) is 5.78 Å². The van der Waals surface area contributed by atoms with E-state index >= 15 is 0 Å². The second kappa shape index (κ2) is 12.3. The molecular formula is C21H36O3. The summed E-state index contributed by atoms with van der Waals surface area (Å²) >= 11 is 0. The van der Waals surface area contributed by atoms with Crippen LogP contribution in [0.15, 0.2) is 12.2 Å². The molecule has 0 radical (unpaired) electrons. The number of carbonyl (C=O) groups is 2. The normalized spacial score (nSPS) is 24.1. The van der Waals surface area contributed by atoms with Crippen LogP contribution in [0.4, 0.5) is 0 Å². The summed E-state index contributed by atoms with van der Waals surface area (Å²) in [7, 11) is 0. The number of Topliss-reactive ketones (excluding diaryl/α,β-unsaturated/α-hetero) is 1. The molecule has 0 aliphatic heterocycles. The summed E-state index contributed by atoms with van der Waals surface area (Å²) in [5.41, 5.74) is 0. The first-order valence-electron chi connectivity index (χ1n) is 9.97. The number of allylic oxidation sites excluding steroid dienone is 2. The smallest absolute Gasteiger partial charge is 0.303 e. The minimum absolute atomic E-state index is 0.200. The van der Waals surface area contributed by atoms with Crippen LogP contribution in [0, 0.1) is 17.8 Å². The Kier molecular flexibility index (Phi) is 10.7. The fourth-order valence-corrected chi connectivity index (χ4v) is 3.83. The molecule has 0 saturated heterocycles. The minimum Gasteiger partial charge on any atom is -0.481 e. The molecule has 0 unspecified atom stereocenters. The predicted molar refractivity (Wildman–Crippen MR) is 99.0 cm³/mol. The maximum atomic E-state index is 12.3. The van der Waals surface area contributed by atoms with E-state index in [0.717, 1.165) is 44.9 Å². The Hall–Kier alpha value is -1.12. The van der Waals surface area contributed by atoms with Crippen LogP contribution in [0.3, 0.4) is 0 Å². The van der Waals surface area contributed by atoms with Gasteiger partial charge in [-0.2, -0.15) is 0 Å². The number of rotatable bonds is 13. The summed E-state index contributed by atoms with van der Waals surface area (Å²) in [5.74, 6) is 0.822. The van der Waals surface area contributed by atoms with Gasteiger partial charge in [0, 0.05) is 18.8 Å². The second-order valence-electron chi connectivity index (χ2n) is 7.46. The van der Waals surface area contributed by atoms with Gasteiger partial charge >= 0.3 is 5.97 Å². The highest BCUT2D eigenvalue weighted by atomic mass is 16.4. The molecule has 0 amide bonds. The van der Waals surface area contributed by atoms with Gasteiger partial charge in [-0.05, 0) is 37.5 Å². The lowest BCUT2D eigenvalue weighted by Crippen LogP contribution is -2.15. The molecule has 3 nitrogen and oxygen atoms in total. The molecule has 1 saturated carbocycles. The van der Waals surface area contributed by atoms with Gasteiger partial charge in [-0.3, -0.25) is 9.59 Å². The molecule has 1 rings (SSSR count). The van der Waals surface area contributed by atoms with E-state index in [9.17, 15) is 9.59 Å². The van der Waals surface area contributed by atoms with Crippen molar-refractivity contribution >= 4 is 11.8 Å². The summed E-state index contributed by atoms with van der Waals surface area (Å²) in [6.45, 7) is 4.44. The van der Waals surface area contributed by atoms with Crippen LogP contribution in [0.25, 0.3) is 0 Å². The third-order valence-electron chi connectivity index (χ3n) is 5.30. The van der Waals surface area contributed by atoms with Crippen molar-refractivity contribution in [3.8, 4) is 0 Å². The quantitative estimate of drug-likeness (QED) is 0.342. The Morgan fingerprint density at radius 2 is 1.83 bits per heavy atom. The number of carboxylic acids is 1. The topological polar surface area (TPSA) is 54.4 Å². The third-order valence-corrected chi connectivity index (χ3v) is 5.30. The van der Waals surface area contributed by atoms with E-state index in [1.165, 1.54) is 25.7 Å². The summed E-state index contributed by atoms with van der Waals surface area (Å²) in [4.78, 5) is 22.8. The molecular weight excluding hydrogens is 300 g/mol. The minimum atomic E-state index is -0.709. The van der Waals surface area contributed by atoms with Crippen LogP contribution in [-0.4, -0.2) is 16.9 Å². The number of carboxylic acid groups (broad SMARTS) is 1. The number of hydrogen-bond acceptors (Lipinski definition) is 2. The van der Waals surface area contributed by atoms with Gasteiger partial charge in [-0.15, -0.1) is 0 Å². The fraction of sp³-hybridized carbons (Fsp3) is 0.810. The zero-order valence-electron chi connectivity index (χ0n) is 15.6. The van der Waals surface area contributed by atoms with Gasteiger partial charge < -0.3 is 5.11 Å². The van der Waals surface area contributed by atoms with Crippen molar-refractivity contribution < 1.29 is 14.7 Å². The van der Waals surface area contributed by atoms with E-state index < -0.39 is 5.97 Å². The van der Waals surface area contributed by atoms with Crippen molar-refractivity contribution in [3.63, 3.8) is 0 Å². The molecule has 0 aromatic heterocycles. The third kappa shape index (κ3) is 8.12. The number of ketones is 1. The molecule has 0 bridgehead atoms. The molecule has 138 valence electrons. The summed E-state index contributed by atoms with van der Waals surface area (Å²) in [6, 6.07) is 0. The Bertz CT molecular complexity index is 400. The van der Waals surface area contributed by atoms with Gasteiger partial charge in [0.15, 0.2) is 0 Å². The largest absolute Gasteiger partial charge is 0.481 e. The van der Waals surface area contributed by atoms with Crippen LogP contribution in [0.5, 0.6) is 0 Å². The molecule has 0 heterocycles. The lowest BCUT2D eigenvalue weighted by atomic mass is 9.86. The standard InChI is InChI=1S/C21H36O3/c1-3-4-5-6-7-10-13-18-17(2)16-20(22)19(18)14-11-8-9-12-15-21(23)24/h10,13,17-19H,3-9,11-12,14-16H2,1-2H3,(H,23,24)/b13-10+/t17-,18+,19-/m1/s1. The van der Waals surface area contributed by atoms with Crippen molar-refractivity contribution in [1.82, 2.24) is 0 Å². The summed E-state index contributed by atoms with van der Waals surface area (Å²) in [6.07, 6.45) is 16.7. The monoisotopic (exact) mass is 336 g/mol. The molecule has 1 aliphatic carbocycles. The van der Waals surface area contributed by atoms with Crippen molar-refractivity contribution in [2.75, 3.05) is 0 Å². The molecule has 3 heteroatoms. The lowest BCUT2D eigenvalue weighted by molar-refractivity contribution is -0.137. The Morgan fingerprint density at radius 1 is 1.12 bits per heavy atom. The van der Waals surface area contributed by atoms with Crippen LogP contribution >= 0.6 is 0 Å². The molecule has 24 heavy (non-hydrogen) atoms. The van der Waals surface area contributed by atoms with E-state index in [1.54, 1.807) is 0 Å². The second-order valence-corrected chi connectivity index (χ2v) is 7.46. The zero-order valence-corrected chi connectivity index (χ0v) is 15.6. The van der Waals surface area contributed by atoms with E-state index in [4.69, 9.17) is 5.11 Å². The van der Waals surface area contributed by atoms with E-state index in [0.29, 0.717) is 17.6 Å². The first kappa shape index (κ1) is 20.9. The average Bonchev–Trinajstić information content (AvgIpc) is 2.80. The number of hydrogen-bond donors (Lipinski definition) is 1. The average molecular weight is 337 g/mol. The molecule has 0 aromatic rings. The SMILES string of the molecule is CCCCCC/C=C/[C@H]1[C@H](C)CC(=O)[C@@H]1CCCCCCC(=O)O. The molecule has 1 aliphatic rings. The van der Waals surface area contributed by atoms with Crippen molar-refractivity contribution in [1.29, 1.82) is 0 Å². The summed E-state index contributed by atoms with van der Waals surface area (Å²) < 4.78 is 0. The molecule has 0 spiro atoms. The van der Waals surface area contributed by atoms with Crippen LogP contribution in [-0.2, 0) is 9.59 Å². The van der Waals surface area contributed by atoms with Crippen LogP contribution < -0.4 is 0 Å². The molecule has 1 N–H and O–H groups in total. The van der Waals surface area contributed by atoms with Gasteiger partial charge in [-0.1, -0.05) is 64.5 Å². The number of unbranched alkanes of at least 4 members (excludes halogenated alkanes) is 7. The van der Waals surface area contributed by atoms with Crippen molar-refractivity contribution in [3.05, 3.63) is 12.2 Å². The maximum Gasteiger partial charge on any atom is 0.303 e. The van der Waals surface area contributed by atoms with E-state index in [-0.39, 0.29) is 12.3 Å². The molecule has 0 aromatic carbocycles. The first-order valence-corrected chi connectivity index (χ1v) is 9.97. The van der Waals surface area contributed by atoms with Crippen LogP contribution in [0.1, 0.15) is 90.9 Å². The van der Waals surface area contributed by atoms with E-state index in [1.807, 2.05) is 0 Å². The summed E-state index contributed by atoms with van der Waals surface area (Å²) in [5, 5.41) is 8.64. The van der Waals surface area contributed by atoms with Crippen molar-refractivity contribution in [2.45, 2.75) is 90.9 Å². The number of carbonyl (C=O) groups excluding carboxylic acids is 1. The van der Waals surface area contributed by atoms with Gasteiger partial charge in [0.2, 0.25) is 0 Å². The van der Waals surface area contributed by atoms with Gasteiger partial charge in [0.05, 0.1) is 0 Å². The van der Waals surface area contributed by atoms with Crippen LogP contribution in [0.2, 0.25) is 0 Å². The maximum absolute atomic E-state index is 12.3. The Balaban J connectivity index is 2.30. The highest BCUT2D eigenvalue weighted by molar-refractivity contribution is 5.84. The van der Waals surface area contributed by atoms with Gasteiger partial charge in [-0.25, -0.2) is 0 Å². The molecule has 3 atom stereocenters. The highest BCUT2D eigenvalue weighted by Crippen LogP contribution is 2.38. The van der Waals surface area contributed by atoms with Gasteiger partial charge in [0.25, 0.3) is 0 Å². The fourth-order valence-electron chi connectivity index (χ4n) is 3.83. The lowest BCUT2D eigenvalue weighted by Gasteiger charge is -2.18. The zero-order chi connectivity index (χ0) is 17.8. The predicted octanol–water partition coefficient (Wildman–Crippen LogP) is 5.78. The van der Waals surface area contributed by atoms with E-state index in [2.05, 4.69) is 26.0 Å². The highest BCUT2D eigenvalue weighted by Gasteiger charge is 2.37.